The van der Waals surface area contributed by atoms with E-state index < -0.39 is 18.0 Å². The molecule has 0 aliphatic carbocycles. The molecule has 6 nitrogen and oxygen atoms in total. The van der Waals surface area contributed by atoms with Crippen LogP contribution in [0.2, 0.25) is 0 Å². The third kappa shape index (κ3) is 8.51. The van der Waals surface area contributed by atoms with Crippen molar-refractivity contribution in [1.82, 2.24) is 5.32 Å². The Morgan fingerprint density at radius 2 is 1.60 bits per heavy atom. The molecule has 3 rings (SSSR count). The van der Waals surface area contributed by atoms with Crippen molar-refractivity contribution in [3.8, 4) is 16.9 Å². The Morgan fingerprint density at radius 1 is 0.943 bits per heavy atom. The average molecular weight is 496 g/mol. The first-order valence-electron chi connectivity index (χ1n) is 11.6. The van der Waals surface area contributed by atoms with E-state index in [2.05, 4.69) is 29.6 Å². The molecule has 0 spiro atoms. The number of hydrogen-bond donors (Lipinski definition) is 4. The maximum Gasteiger partial charge on any atom is 0.234 e. The highest BCUT2D eigenvalue weighted by Crippen LogP contribution is 2.25. The lowest BCUT2D eigenvalue weighted by Gasteiger charge is -2.18. The number of carbonyl (C=O) groups excluding carboxylic acids is 2. The minimum Gasteiger partial charge on any atom is -0.508 e. The molecule has 1 amide bonds. The van der Waals surface area contributed by atoms with Gasteiger partial charge in [-0.3, -0.25) is 9.59 Å². The van der Waals surface area contributed by atoms with Crippen molar-refractivity contribution >= 4 is 24.1 Å². The molecule has 0 heterocycles. The fraction of sp³-hybridized carbons (Fsp3) is 0.286. The van der Waals surface area contributed by atoms with Crippen molar-refractivity contribution in [2.75, 3.05) is 6.54 Å². The predicted octanol–water partition coefficient (Wildman–Crippen LogP) is 3.69. The number of amides is 1. The van der Waals surface area contributed by atoms with Gasteiger partial charge < -0.3 is 21.9 Å². The van der Waals surface area contributed by atoms with Crippen LogP contribution in [-0.4, -0.2) is 35.4 Å². The number of Topliss-reactive ketones (excluding diaryl/α,β-unsaturated/α-hetero) is 1. The van der Waals surface area contributed by atoms with E-state index in [1.165, 1.54) is 5.56 Å². The van der Waals surface area contributed by atoms with E-state index in [-0.39, 0.29) is 30.4 Å². The highest BCUT2D eigenvalue weighted by molar-refractivity contribution is 5.88. The molecule has 0 radical (unpaired) electrons. The van der Waals surface area contributed by atoms with E-state index in [0.717, 1.165) is 22.3 Å². The number of rotatable bonds is 12. The van der Waals surface area contributed by atoms with Gasteiger partial charge in [-0.15, -0.1) is 12.4 Å². The normalized spacial score (nSPS) is 12.4. The first-order valence-corrected chi connectivity index (χ1v) is 11.6. The van der Waals surface area contributed by atoms with Gasteiger partial charge in [-0.05, 0) is 67.1 Å². The van der Waals surface area contributed by atoms with Gasteiger partial charge in [0.25, 0.3) is 0 Å². The Kier molecular flexibility index (Phi) is 10.9. The molecule has 0 saturated heterocycles. The highest BCUT2D eigenvalue weighted by atomic mass is 35.5. The minimum atomic E-state index is -0.674. The number of ketones is 1. The molecule has 0 unspecified atom stereocenters. The van der Waals surface area contributed by atoms with Crippen LogP contribution in [0.3, 0.4) is 0 Å². The van der Waals surface area contributed by atoms with Crippen molar-refractivity contribution in [2.24, 2.45) is 11.5 Å². The van der Waals surface area contributed by atoms with E-state index in [4.69, 9.17) is 11.5 Å². The van der Waals surface area contributed by atoms with Gasteiger partial charge in [0.05, 0.1) is 12.1 Å². The molecule has 186 valence electrons. The second-order valence-electron chi connectivity index (χ2n) is 8.68. The summed E-state index contributed by atoms with van der Waals surface area (Å²) in [6, 6.07) is 21.8. The zero-order chi connectivity index (χ0) is 24.5. The number of primary amides is 1. The largest absolute Gasteiger partial charge is 0.508 e. The van der Waals surface area contributed by atoms with Gasteiger partial charge in [-0.25, -0.2) is 0 Å². The predicted molar refractivity (Wildman–Crippen MR) is 143 cm³/mol. The summed E-state index contributed by atoms with van der Waals surface area (Å²) in [5.41, 5.74) is 17.0. The van der Waals surface area contributed by atoms with Crippen LogP contribution in [0.1, 0.15) is 29.5 Å². The first-order chi connectivity index (χ1) is 16.3. The Morgan fingerprint density at radius 3 is 2.26 bits per heavy atom. The van der Waals surface area contributed by atoms with Gasteiger partial charge in [-0.1, -0.05) is 66.2 Å². The average Bonchev–Trinajstić information content (AvgIpc) is 2.83. The second-order valence-corrected chi connectivity index (χ2v) is 8.68. The van der Waals surface area contributed by atoms with Gasteiger partial charge in [0.15, 0.2) is 5.78 Å². The van der Waals surface area contributed by atoms with Gasteiger partial charge >= 0.3 is 0 Å². The number of aromatic hydroxyl groups is 1. The summed E-state index contributed by atoms with van der Waals surface area (Å²) in [6.45, 7) is 2.59. The van der Waals surface area contributed by atoms with Gasteiger partial charge in [0.1, 0.15) is 5.75 Å². The molecule has 3 aromatic rings. The molecule has 0 saturated carbocycles. The maximum atomic E-state index is 12.9. The lowest BCUT2D eigenvalue weighted by Crippen LogP contribution is -2.44. The number of phenols is 1. The van der Waals surface area contributed by atoms with Crippen LogP contribution in [-0.2, 0) is 22.4 Å². The number of aryl methyl sites for hydroxylation is 1. The van der Waals surface area contributed by atoms with Crippen molar-refractivity contribution in [2.45, 2.75) is 44.7 Å². The van der Waals surface area contributed by atoms with Crippen LogP contribution in [0.4, 0.5) is 0 Å². The third-order valence-corrected chi connectivity index (χ3v) is 6.01. The van der Waals surface area contributed by atoms with Crippen LogP contribution in [0.25, 0.3) is 11.1 Å². The molecule has 0 bridgehead atoms. The Balaban J connectivity index is 0.00000432. The van der Waals surface area contributed by atoms with E-state index >= 15 is 0 Å². The lowest BCUT2D eigenvalue weighted by atomic mass is 9.93. The molecule has 0 aliphatic heterocycles. The highest BCUT2D eigenvalue weighted by Gasteiger charge is 2.20. The lowest BCUT2D eigenvalue weighted by molar-refractivity contribution is -0.122. The molecule has 0 aliphatic rings. The van der Waals surface area contributed by atoms with Crippen molar-refractivity contribution in [3.63, 3.8) is 0 Å². The van der Waals surface area contributed by atoms with Gasteiger partial charge in [0, 0.05) is 6.42 Å². The molecule has 3 aromatic carbocycles. The van der Waals surface area contributed by atoms with Crippen molar-refractivity contribution in [1.29, 1.82) is 0 Å². The van der Waals surface area contributed by atoms with E-state index in [9.17, 15) is 14.7 Å². The van der Waals surface area contributed by atoms with Crippen LogP contribution < -0.4 is 16.8 Å². The van der Waals surface area contributed by atoms with Crippen molar-refractivity contribution in [3.05, 3.63) is 89.5 Å². The standard InChI is InChI=1S/C28H33N3O3.ClH/c1-19-6-10-21(11-7-19)24-5-3-2-4-22(24)18-27(33)25(29)14-15-26(28(30)34)31-17-16-20-8-12-23(32)13-9-20;/h2-13,25-26,31-32H,14-18,29H2,1H3,(H2,30,34);1H/t25-,26-;/m1./s1. The smallest absolute Gasteiger partial charge is 0.234 e. The Hall–Kier alpha value is -3.19. The molecule has 35 heavy (non-hydrogen) atoms. The zero-order valence-electron chi connectivity index (χ0n) is 19.9. The number of hydrogen-bond acceptors (Lipinski definition) is 5. The van der Waals surface area contributed by atoms with E-state index in [0.29, 0.717) is 25.8 Å². The molecule has 2 atom stereocenters. The van der Waals surface area contributed by atoms with Crippen LogP contribution in [0, 0.1) is 6.92 Å². The number of carbonyl (C=O) groups is 2. The van der Waals surface area contributed by atoms with Crippen molar-refractivity contribution < 1.29 is 14.7 Å². The van der Waals surface area contributed by atoms with Crippen LogP contribution >= 0.6 is 12.4 Å². The summed E-state index contributed by atoms with van der Waals surface area (Å²) in [5.74, 6) is -0.311. The van der Waals surface area contributed by atoms with Crippen LogP contribution in [0.5, 0.6) is 5.75 Å². The summed E-state index contributed by atoms with van der Waals surface area (Å²) in [4.78, 5) is 24.8. The summed E-state index contributed by atoms with van der Waals surface area (Å²) < 4.78 is 0. The molecule has 0 fully saturated rings. The number of halogens is 1. The Labute approximate surface area is 213 Å². The monoisotopic (exact) mass is 495 g/mol. The maximum absolute atomic E-state index is 12.9. The number of nitrogens with two attached hydrogens (primary N) is 2. The molecular weight excluding hydrogens is 462 g/mol. The quantitative estimate of drug-likeness (QED) is 0.305. The number of nitrogens with one attached hydrogen (secondary N) is 1. The Bertz CT molecular complexity index is 1100. The molecular formula is C28H34ClN3O3. The minimum absolute atomic E-state index is 0. The fourth-order valence-electron chi connectivity index (χ4n) is 3.91. The van der Waals surface area contributed by atoms with E-state index in [1.54, 1.807) is 12.1 Å². The van der Waals surface area contributed by atoms with E-state index in [1.807, 2.05) is 43.3 Å². The third-order valence-electron chi connectivity index (χ3n) is 6.01. The molecule has 7 heteroatoms. The number of phenolic OH excluding ortho intramolecular Hbond substituents is 1. The number of benzene rings is 3. The summed E-state index contributed by atoms with van der Waals surface area (Å²) in [7, 11) is 0. The fourth-order valence-corrected chi connectivity index (χ4v) is 3.91. The molecule has 6 N–H and O–H groups in total. The van der Waals surface area contributed by atoms with Gasteiger partial charge in [0.2, 0.25) is 5.91 Å². The zero-order valence-corrected chi connectivity index (χ0v) is 20.8. The second kappa shape index (κ2) is 13.6. The van der Waals surface area contributed by atoms with Crippen LogP contribution in [0.15, 0.2) is 72.8 Å². The summed E-state index contributed by atoms with van der Waals surface area (Å²) >= 11 is 0. The first kappa shape index (κ1) is 28.1. The summed E-state index contributed by atoms with van der Waals surface area (Å²) in [5, 5.41) is 12.5. The molecule has 0 aromatic heterocycles. The SMILES string of the molecule is Cc1ccc(-c2ccccc2CC(=O)[C@H](N)CC[C@@H](NCCc2ccc(O)cc2)C(N)=O)cc1.Cl. The summed E-state index contributed by atoms with van der Waals surface area (Å²) in [6.07, 6.45) is 1.67. The van der Waals surface area contributed by atoms with Gasteiger partial charge in [-0.2, -0.15) is 0 Å². The topological polar surface area (TPSA) is 118 Å².